The van der Waals surface area contributed by atoms with Crippen molar-refractivity contribution < 1.29 is 49.9 Å². The molecule has 1 aliphatic rings. The van der Waals surface area contributed by atoms with Crippen LogP contribution in [0.1, 0.15) is 35.3 Å². The third kappa shape index (κ3) is 5.65. The normalized spacial score (nSPS) is 17.6. The van der Waals surface area contributed by atoms with Crippen LogP contribution >= 0.6 is 0 Å². The van der Waals surface area contributed by atoms with Gasteiger partial charge in [-0.2, -0.15) is 26.3 Å². The molecule has 3 aromatic carbocycles. The summed E-state index contributed by atoms with van der Waals surface area (Å²) in [5.41, 5.74) is -3.01. The van der Waals surface area contributed by atoms with Gasteiger partial charge in [-0.3, -0.25) is 15.0 Å². The Labute approximate surface area is 221 Å². The zero-order chi connectivity index (χ0) is 29.6. The number of rotatable bonds is 6. The molecule has 4 rings (SSSR count). The van der Waals surface area contributed by atoms with Crippen LogP contribution in [0.3, 0.4) is 0 Å². The molecule has 0 bridgehead atoms. The number of benzene rings is 3. The molecule has 14 heteroatoms. The molecule has 1 amide bonds. The van der Waals surface area contributed by atoms with Gasteiger partial charge in [-0.05, 0) is 60.0 Å². The lowest BCUT2D eigenvalue weighted by atomic mass is 9.95. The van der Waals surface area contributed by atoms with Gasteiger partial charge in [0, 0.05) is 17.7 Å². The van der Waals surface area contributed by atoms with Crippen LogP contribution in [0.4, 0.5) is 41.2 Å². The number of non-ortho nitro benzene ring substituents is 1. The van der Waals surface area contributed by atoms with Crippen LogP contribution in [0.5, 0.6) is 5.75 Å². The number of carbonyl (C=O) groups is 1. The first kappa shape index (κ1) is 28.6. The third-order valence-electron chi connectivity index (χ3n) is 6.43. The zero-order valence-corrected chi connectivity index (χ0v) is 20.6. The van der Waals surface area contributed by atoms with Gasteiger partial charge >= 0.3 is 18.4 Å². The number of alkyl halides is 6. The number of carbonyl (C=O) groups excluding carboxylic acids is 1. The van der Waals surface area contributed by atoms with Crippen molar-refractivity contribution in [3.63, 3.8) is 0 Å². The van der Waals surface area contributed by atoms with Crippen molar-refractivity contribution in [3.8, 4) is 16.9 Å². The number of methoxy groups -OCH3 is 1. The number of nitrogens with zero attached hydrogens (tertiary/aromatic N) is 2. The topological polar surface area (TPSA) is 81.9 Å². The second kappa shape index (κ2) is 10.3. The smallest absolute Gasteiger partial charge is 0.416 e. The Balaban J connectivity index is 1.78. The molecule has 212 valence electrons. The molecule has 1 aliphatic heterocycles. The van der Waals surface area contributed by atoms with Gasteiger partial charge in [0.15, 0.2) is 0 Å². The van der Waals surface area contributed by atoms with Gasteiger partial charge in [-0.1, -0.05) is 6.07 Å². The van der Waals surface area contributed by atoms with Crippen molar-refractivity contribution in [2.75, 3.05) is 7.11 Å². The number of ether oxygens (including phenoxy) is 2. The fourth-order valence-corrected chi connectivity index (χ4v) is 4.47. The first-order valence-corrected chi connectivity index (χ1v) is 11.5. The van der Waals surface area contributed by atoms with Crippen LogP contribution < -0.4 is 4.74 Å². The Morgan fingerprint density at radius 3 is 2.23 bits per heavy atom. The van der Waals surface area contributed by atoms with Gasteiger partial charge in [0.1, 0.15) is 17.7 Å². The van der Waals surface area contributed by atoms with E-state index in [9.17, 15) is 45.6 Å². The van der Waals surface area contributed by atoms with E-state index in [2.05, 4.69) is 0 Å². The molecule has 7 nitrogen and oxygen atoms in total. The van der Waals surface area contributed by atoms with E-state index in [1.807, 2.05) is 0 Å². The summed E-state index contributed by atoms with van der Waals surface area (Å²) in [5.74, 6) is -1.12. The monoisotopic (exact) mass is 572 g/mol. The fourth-order valence-electron chi connectivity index (χ4n) is 4.47. The highest BCUT2D eigenvalue weighted by molar-refractivity contribution is 5.77. The number of hydrogen-bond acceptors (Lipinski definition) is 5. The number of nitro benzene ring substituents is 1. The van der Waals surface area contributed by atoms with Crippen molar-refractivity contribution in [3.05, 3.63) is 92.8 Å². The first-order chi connectivity index (χ1) is 18.6. The first-order valence-electron chi connectivity index (χ1n) is 11.5. The summed E-state index contributed by atoms with van der Waals surface area (Å²) in [4.78, 5) is 24.4. The van der Waals surface area contributed by atoms with Gasteiger partial charge in [0.2, 0.25) is 0 Å². The minimum absolute atomic E-state index is 0.0668. The number of hydrogen-bond donors (Lipinski definition) is 0. The fraction of sp³-hybridized carbons (Fsp3) is 0.269. The quantitative estimate of drug-likeness (QED) is 0.173. The van der Waals surface area contributed by atoms with Crippen molar-refractivity contribution in [2.45, 2.75) is 38.0 Å². The van der Waals surface area contributed by atoms with E-state index >= 15 is 0 Å². The van der Waals surface area contributed by atoms with E-state index < -0.39 is 59.0 Å². The maximum absolute atomic E-state index is 14.0. The average Bonchev–Trinajstić information content (AvgIpc) is 3.15. The Kier molecular flexibility index (Phi) is 7.39. The highest BCUT2D eigenvalue weighted by Crippen LogP contribution is 2.41. The Bertz CT molecular complexity index is 1470. The summed E-state index contributed by atoms with van der Waals surface area (Å²) in [6, 6.07) is 6.75. The molecule has 0 aromatic heterocycles. The molecule has 40 heavy (non-hydrogen) atoms. The number of amides is 1. The summed E-state index contributed by atoms with van der Waals surface area (Å²) in [7, 11) is 1.26. The van der Waals surface area contributed by atoms with Crippen molar-refractivity contribution in [1.82, 2.24) is 4.90 Å². The van der Waals surface area contributed by atoms with Crippen LogP contribution in [-0.4, -0.2) is 29.1 Å². The van der Waals surface area contributed by atoms with Crippen LogP contribution in [-0.2, 0) is 23.6 Å². The van der Waals surface area contributed by atoms with Gasteiger partial charge in [-0.25, -0.2) is 9.18 Å². The second-order valence-corrected chi connectivity index (χ2v) is 8.96. The standard InChI is InChI=1S/C26H19F7N2O5/c1-13-23(14-7-17(26(31,32)33)10-18(27)9-14)40-24(36)34(13)12-15-8-16(25(28,29)30)3-5-20(15)21-11-19(35(37)38)4-6-22(21)39-2/h3-11,13,23H,12H2,1-2H3/t13-,23-/m0/s1. The molecule has 0 aliphatic carbocycles. The van der Waals surface area contributed by atoms with Gasteiger partial charge < -0.3 is 9.47 Å². The van der Waals surface area contributed by atoms with Gasteiger partial charge in [0.05, 0.1) is 35.7 Å². The van der Waals surface area contributed by atoms with Crippen LogP contribution in [0.15, 0.2) is 54.6 Å². The molecular formula is C26H19F7N2O5. The average molecular weight is 572 g/mol. The lowest BCUT2D eigenvalue weighted by molar-refractivity contribution is -0.384. The van der Waals surface area contributed by atoms with E-state index in [1.165, 1.54) is 20.1 Å². The van der Waals surface area contributed by atoms with E-state index in [-0.39, 0.29) is 39.8 Å². The molecule has 0 N–H and O–H groups in total. The van der Waals surface area contributed by atoms with Crippen molar-refractivity contribution in [1.29, 1.82) is 0 Å². The highest BCUT2D eigenvalue weighted by atomic mass is 19.4. The Hall–Kier alpha value is -4.36. The lowest BCUT2D eigenvalue weighted by Crippen LogP contribution is -2.31. The molecule has 0 radical (unpaired) electrons. The van der Waals surface area contributed by atoms with E-state index in [4.69, 9.17) is 9.47 Å². The summed E-state index contributed by atoms with van der Waals surface area (Å²) in [6.45, 7) is 0.859. The summed E-state index contributed by atoms with van der Waals surface area (Å²) >= 11 is 0. The number of halogens is 7. The lowest BCUT2D eigenvalue weighted by Gasteiger charge is -2.24. The highest BCUT2D eigenvalue weighted by Gasteiger charge is 2.42. The summed E-state index contributed by atoms with van der Waals surface area (Å²) < 4.78 is 105. The maximum atomic E-state index is 14.0. The molecule has 3 aromatic rings. The van der Waals surface area contributed by atoms with Gasteiger partial charge in [-0.15, -0.1) is 0 Å². The zero-order valence-electron chi connectivity index (χ0n) is 20.6. The predicted octanol–water partition coefficient (Wildman–Crippen LogP) is 7.53. The molecule has 2 atom stereocenters. The molecule has 1 heterocycles. The van der Waals surface area contributed by atoms with Gasteiger partial charge in [0.25, 0.3) is 5.69 Å². The molecule has 0 unspecified atom stereocenters. The molecule has 0 spiro atoms. The maximum Gasteiger partial charge on any atom is 0.416 e. The summed E-state index contributed by atoms with van der Waals surface area (Å²) in [6.07, 6.45) is -12.1. The molecule has 0 saturated carbocycles. The minimum atomic E-state index is -4.88. The number of nitro groups is 1. The number of cyclic esters (lactones) is 1. The largest absolute Gasteiger partial charge is 0.496 e. The second-order valence-electron chi connectivity index (χ2n) is 8.96. The van der Waals surface area contributed by atoms with E-state index in [0.717, 1.165) is 41.3 Å². The predicted molar refractivity (Wildman–Crippen MR) is 126 cm³/mol. The molecule has 1 saturated heterocycles. The SMILES string of the molecule is COc1ccc([N+](=O)[O-])cc1-c1ccc(C(F)(F)F)cc1CN1C(=O)O[C@H](c2cc(F)cc(C(F)(F)F)c2)[C@@H]1C. The van der Waals surface area contributed by atoms with Crippen LogP contribution in [0, 0.1) is 15.9 Å². The third-order valence-corrected chi connectivity index (χ3v) is 6.43. The van der Waals surface area contributed by atoms with Crippen LogP contribution in [0.2, 0.25) is 0 Å². The Morgan fingerprint density at radius 1 is 0.950 bits per heavy atom. The van der Waals surface area contributed by atoms with Crippen molar-refractivity contribution >= 4 is 11.8 Å². The summed E-state index contributed by atoms with van der Waals surface area (Å²) in [5, 5.41) is 11.3. The van der Waals surface area contributed by atoms with Crippen molar-refractivity contribution in [2.24, 2.45) is 0 Å². The van der Waals surface area contributed by atoms with Crippen LogP contribution in [0.25, 0.3) is 11.1 Å². The Morgan fingerprint density at radius 2 is 1.62 bits per heavy atom. The van der Waals surface area contributed by atoms with E-state index in [1.54, 1.807) is 0 Å². The van der Waals surface area contributed by atoms with E-state index in [0.29, 0.717) is 6.07 Å². The minimum Gasteiger partial charge on any atom is -0.496 e. The molecular weight excluding hydrogens is 553 g/mol. The molecule has 1 fully saturated rings.